The number of rotatable bonds is 5. The molecule has 0 bridgehead atoms. The van der Waals surface area contributed by atoms with Crippen LogP contribution in [0, 0.1) is 5.53 Å². The number of nitrogens with zero attached hydrogens (tertiary/aromatic N) is 2. The molecule has 18 heavy (non-hydrogen) atoms. The zero-order valence-electron chi connectivity index (χ0n) is 10.8. The highest BCUT2D eigenvalue weighted by Gasteiger charge is 2.15. The summed E-state index contributed by atoms with van der Waals surface area (Å²) in [5.41, 5.74) is 15.3. The Morgan fingerprint density at radius 2 is 1.78 bits per heavy atom. The summed E-state index contributed by atoms with van der Waals surface area (Å²) < 4.78 is 0. The molecule has 1 fully saturated rings. The van der Waals surface area contributed by atoms with Gasteiger partial charge in [0.2, 0.25) is 0 Å². The number of piperidine rings is 1. The van der Waals surface area contributed by atoms with Crippen molar-refractivity contribution in [3.8, 4) is 0 Å². The SMILES string of the molecule is N=NCCc1ccc(CN2CCC(N)CC2)cc1. The van der Waals surface area contributed by atoms with E-state index in [2.05, 4.69) is 34.3 Å². The van der Waals surface area contributed by atoms with Crippen molar-refractivity contribution in [1.82, 2.24) is 4.90 Å². The van der Waals surface area contributed by atoms with Crippen LogP contribution in [-0.4, -0.2) is 30.6 Å². The quantitative estimate of drug-likeness (QED) is 0.782. The molecule has 0 amide bonds. The molecule has 0 unspecified atom stereocenters. The highest BCUT2D eigenvalue weighted by atomic mass is 15.1. The maximum Gasteiger partial charge on any atom is 0.0636 e. The molecule has 1 aliphatic heterocycles. The van der Waals surface area contributed by atoms with E-state index < -0.39 is 0 Å². The van der Waals surface area contributed by atoms with Gasteiger partial charge in [-0.1, -0.05) is 24.3 Å². The number of nitrogens with two attached hydrogens (primary N) is 1. The van der Waals surface area contributed by atoms with Crippen molar-refractivity contribution in [1.29, 1.82) is 5.53 Å². The van der Waals surface area contributed by atoms with Crippen molar-refractivity contribution in [3.63, 3.8) is 0 Å². The standard InChI is InChI=1S/C14H22N4/c15-14-6-9-18(10-7-14)11-13-3-1-12(2-4-13)5-8-17-16/h1-4,14,16H,5-11,15H2. The predicted octanol–water partition coefficient (Wildman–Crippen LogP) is 2.18. The molecule has 3 N–H and O–H groups in total. The maximum absolute atomic E-state index is 6.79. The van der Waals surface area contributed by atoms with Gasteiger partial charge in [0.25, 0.3) is 0 Å². The molecule has 1 aromatic carbocycles. The topological polar surface area (TPSA) is 65.5 Å². The Kier molecular flexibility index (Phi) is 4.84. The molecule has 0 radical (unpaired) electrons. The average Bonchev–Trinajstić information content (AvgIpc) is 2.41. The van der Waals surface area contributed by atoms with Crippen LogP contribution in [0.3, 0.4) is 0 Å². The highest BCUT2D eigenvalue weighted by molar-refractivity contribution is 5.22. The third kappa shape index (κ3) is 3.89. The Labute approximate surface area is 109 Å². The monoisotopic (exact) mass is 246 g/mol. The van der Waals surface area contributed by atoms with Crippen LogP contribution in [0.25, 0.3) is 0 Å². The largest absolute Gasteiger partial charge is 0.328 e. The van der Waals surface area contributed by atoms with Crippen LogP contribution in [0.1, 0.15) is 24.0 Å². The van der Waals surface area contributed by atoms with E-state index in [0.717, 1.165) is 38.9 Å². The van der Waals surface area contributed by atoms with Gasteiger partial charge in [0.05, 0.1) is 6.54 Å². The molecule has 2 rings (SSSR count). The second kappa shape index (κ2) is 6.61. The summed E-state index contributed by atoms with van der Waals surface area (Å²) in [7, 11) is 0. The van der Waals surface area contributed by atoms with Crippen LogP contribution >= 0.6 is 0 Å². The smallest absolute Gasteiger partial charge is 0.0636 e. The molecule has 0 aromatic heterocycles. The molecule has 0 spiro atoms. The van der Waals surface area contributed by atoms with E-state index in [0.29, 0.717) is 12.6 Å². The van der Waals surface area contributed by atoms with Gasteiger partial charge in [0, 0.05) is 12.6 Å². The zero-order chi connectivity index (χ0) is 12.8. The summed E-state index contributed by atoms with van der Waals surface area (Å²) in [6, 6.07) is 9.07. The first-order valence-electron chi connectivity index (χ1n) is 6.67. The van der Waals surface area contributed by atoms with Crippen LogP contribution in [-0.2, 0) is 13.0 Å². The normalized spacial score (nSPS) is 17.8. The molecular formula is C14H22N4. The van der Waals surface area contributed by atoms with Crippen molar-refractivity contribution in [2.75, 3.05) is 19.6 Å². The first-order chi connectivity index (χ1) is 8.78. The van der Waals surface area contributed by atoms with Crippen molar-refractivity contribution in [3.05, 3.63) is 35.4 Å². The fourth-order valence-electron chi connectivity index (χ4n) is 2.37. The van der Waals surface area contributed by atoms with E-state index >= 15 is 0 Å². The second-order valence-corrected chi connectivity index (χ2v) is 5.06. The van der Waals surface area contributed by atoms with Crippen molar-refractivity contribution in [2.24, 2.45) is 10.8 Å². The lowest BCUT2D eigenvalue weighted by molar-refractivity contribution is 0.205. The van der Waals surface area contributed by atoms with Crippen LogP contribution in [0.4, 0.5) is 0 Å². The Bertz CT molecular complexity index is 366. The third-order valence-corrected chi connectivity index (χ3v) is 3.57. The number of nitrogens with one attached hydrogen (secondary N) is 1. The molecule has 1 aliphatic rings. The highest BCUT2D eigenvalue weighted by Crippen LogP contribution is 2.13. The summed E-state index contributed by atoms with van der Waals surface area (Å²) >= 11 is 0. The van der Waals surface area contributed by atoms with Crippen LogP contribution in [0.2, 0.25) is 0 Å². The van der Waals surface area contributed by atoms with E-state index in [9.17, 15) is 0 Å². The zero-order valence-corrected chi connectivity index (χ0v) is 10.8. The predicted molar refractivity (Wildman–Crippen MR) is 72.6 cm³/mol. The molecule has 0 saturated carbocycles. The Morgan fingerprint density at radius 3 is 2.39 bits per heavy atom. The Hall–Kier alpha value is -1.26. The molecule has 4 heteroatoms. The van der Waals surface area contributed by atoms with Gasteiger partial charge in [-0.2, -0.15) is 5.11 Å². The molecule has 1 heterocycles. The maximum atomic E-state index is 6.79. The fraction of sp³-hybridized carbons (Fsp3) is 0.571. The fourth-order valence-corrected chi connectivity index (χ4v) is 2.37. The molecule has 4 nitrogen and oxygen atoms in total. The minimum atomic E-state index is 0.400. The van der Waals surface area contributed by atoms with Gasteiger partial charge in [-0.05, 0) is 43.5 Å². The molecular weight excluding hydrogens is 224 g/mol. The van der Waals surface area contributed by atoms with E-state index in [1.807, 2.05) is 0 Å². The summed E-state index contributed by atoms with van der Waals surface area (Å²) in [6.07, 6.45) is 3.09. The van der Waals surface area contributed by atoms with Crippen LogP contribution in [0.15, 0.2) is 29.4 Å². The van der Waals surface area contributed by atoms with Crippen molar-refractivity contribution in [2.45, 2.75) is 31.8 Å². The molecule has 0 aliphatic carbocycles. The molecule has 1 saturated heterocycles. The van der Waals surface area contributed by atoms with E-state index in [4.69, 9.17) is 11.3 Å². The number of hydrogen-bond donors (Lipinski definition) is 2. The third-order valence-electron chi connectivity index (χ3n) is 3.57. The first-order valence-corrected chi connectivity index (χ1v) is 6.67. The van der Waals surface area contributed by atoms with Crippen molar-refractivity contribution >= 4 is 0 Å². The molecule has 0 atom stereocenters. The number of benzene rings is 1. The van der Waals surface area contributed by atoms with Gasteiger partial charge in [0.1, 0.15) is 0 Å². The second-order valence-electron chi connectivity index (χ2n) is 5.06. The van der Waals surface area contributed by atoms with E-state index in [-0.39, 0.29) is 0 Å². The average molecular weight is 246 g/mol. The van der Waals surface area contributed by atoms with Gasteiger partial charge in [0.15, 0.2) is 0 Å². The molecule has 98 valence electrons. The van der Waals surface area contributed by atoms with Gasteiger partial charge >= 0.3 is 0 Å². The lowest BCUT2D eigenvalue weighted by atomic mass is 10.0. The first kappa shape index (κ1) is 13.2. The molecule has 1 aromatic rings. The summed E-state index contributed by atoms with van der Waals surface area (Å²) in [6.45, 7) is 3.83. The summed E-state index contributed by atoms with van der Waals surface area (Å²) in [5.74, 6) is 0. The lowest BCUT2D eigenvalue weighted by Gasteiger charge is -2.30. The van der Waals surface area contributed by atoms with Gasteiger partial charge < -0.3 is 5.73 Å². The minimum absolute atomic E-state index is 0.400. The summed E-state index contributed by atoms with van der Waals surface area (Å²) in [5, 5.41) is 3.38. The minimum Gasteiger partial charge on any atom is -0.328 e. The van der Waals surface area contributed by atoms with Crippen molar-refractivity contribution < 1.29 is 0 Å². The van der Waals surface area contributed by atoms with Gasteiger partial charge in [-0.25, -0.2) is 5.53 Å². The van der Waals surface area contributed by atoms with E-state index in [1.165, 1.54) is 11.1 Å². The lowest BCUT2D eigenvalue weighted by Crippen LogP contribution is -2.39. The Morgan fingerprint density at radius 1 is 1.17 bits per heavy atom. The van der Waals surface area contributed by atoms with Gasteiger partial charge in [-0.3, -0.25) is 4.90 Å². The number of hydrogen-bond acceptors (Lipinski definition) is 4. The number of likely N-dealkylation sites (tertiary alicyclic amines) is 1. The van der Waals surface area contributed by atoms with Gasteiger partial charge in [-0.15, -0.1) is 0 Å². The summed E-state index contributed by atoms with van der Waals surface area (Å²) in [4.78, 5) is 2.47. The Balaban J connectivity index is 1.84. The van der Waals surface area contributed by atoms with Crippen LogP contribution < -0.4 is 5.73 Å². The van der Waals surface area contributed by atoms with E-state index in [1.54, 1.807) is 0 Å². The van der Waals surface area contributed by atoms with Crippen LogP contribution in [0.5, 0.6) is 0 Å².